The van der Waals surface area contributed by atoms with E-state index < -0.39 is 0 Å². The van der Waals surface area contributed by atoms with Crippen molar-refractivity contribution in [3.05, 3.63) is 82.0 Å². The Balaban J connectivity index is 1.40. The van der Waals surface area contributed by atoms with Crippen LogP contribution in [-0.2, 0) is 4.74 Å². The molecule has 0 radical (unpaired) electrons. The van der Waals surface area contributed by atoms with Crippen LogP contribution in [-0.4, -0.2) is 38.7 Å². The van der Waals surface area contributed by atoms with Crippen LogP contribution in [0.5, 0.6) is 5.75 Å². The van der Waals surface area contributed by atoms with E-state index in [9.17, 15) is 9.59 Å². The third-order valence-electron chi connectivity index (χ3n) is 5.84. The van der Waals surface area contributed by atoms with Crippen molar-refractivity contribution in [3.63, 3.8) is 0 Å². The summed E-state index contributed by atoms with van der Waals surface area (Å²) in [6.45, 7) is 4.28. The van der Waals surface area contributed by atoms with E-state index in [0.717, 1.165) is 10.8 Å². The molecule has 1 fully saturated rings. The van der Waals surface area contributed by atoms with Gasteiger partial charge in [-0.15, -0.1) is 0 Å². The topological polar surface area (TPSA) is 69.0 Å². The van der Waals surface area contributed by atoms with Crippen LogP contribution < -0.4 is 15.1 Å². The maximum Gasteiger partial charge on any atom is 0.200 e. The summed E-state index contributed by atoms with van der Waals surface area (Å²) in [7, 11) is 0. The Morgan fingerprint density at radius 3 is 2.59 bits per heavy atom. The average molecular weight is 429 g/mol. The highest BCUT2D eigenvalue weighted by atomic mass is 16.5. The van der Waals surface area contributed by atoms with Crippen LogP contribution in [0.1, 0.15) is 15.9 Å². The molecule has 1 aliphatic heterocycles. The summed E-state index contributed by atoms with van der Waals surface area (Å²) < 4.78 is 17.3. The fourth-order valence-electron chi connectivity index (χ4n) is 4.01. The second kappa shape index (κ2) is 8.48. The molecule has 0 saturated carbocycles. The minimum Gasteiger partial charge on any atom is -0.485 e. The summed E-state index contributed by atoms with van der Waals surface area (Å²) in [6, 6.07) is 18.5. The van der Waals surface area contributed by atoms with Crippen LogP contribution in [0.2, 0.25) is 0 Å². The van der Waals surface area contributed by atoms with E-state index in [2.05, 4.69) is 0 Å². The number of rotatable bonds is 5. The Labute approximate surface area is 185 Å². The Morgan fingerprint density at radius 2 is 1.78 bits per heavy atom. The molecule has 4 aromatic rings. The first-order valence-electron chi connectivity index (χ1n) is 10.6. The van der Waals surface area contributed by atoms with Crippen LogP contribution in [0.15, 0.2) is 69.9 Å². The second-order valence-corrected chi connectivity index (χ2v) is 7.89. The summed E-state index contributed by atoms with van der Waals surface area (Å²) in [6.07, 6.45) is 0. The summed E-state index contributed by atoms with van der Waals surface area (Å²) in [5.74, 6) is 0.936. The molecule has 32 heavy (non-hydrogen) atoms. The van der Waals surface area contributed by atoms with E-state index in [1.807, 2.05) is 54.3 Å². The first-order chi connectivity index (χ1) is 15.6. The van der Waals surface area contributed by atoms with Gasteiger partial charge in [-0.3, -0.25) is 9.59 Å². The molecule has 1 saturated heterocycles. The number of carbonyl (C=O) groups is 1. The quantitative estimate of drug-likeness (QED) is 0.439. The van der Waals surface area contributed by atoms with Crippen molar-refractivity contribution in [1.29, 1.82) is 0 Å². The smallest absolute Gasteiger partial charge is 0.200 e. The molecule has 1 aliphatic rings. The molecule has 0 unspecified atom stereocenters. The SMILES string of the molecule is Cc1c(OCC(=O)c2ccc3ccccc3c2)ccc2c(=O)cc(N3CCOCC3)oc12. The monoisotopic (exact) mass is 429 g/mol. The summed E-state index contributed by atoms with van der Waals surface area (Å²) in [5.41, 5.74) is 1.67. The summed E-state index contributed by atoms with van der Waals surface area (Å²) in [5, 5.41) is 2.59. The first-order valence-corrected chi connectivity index (χ1v) is 10.6. The molecule has 0 bridgehead atoms. The Morgan fingerprint density at radius 1 is 1.00 bits per heavy atom. The van der Waals surface area contributed by atoms with Gasteiger partial charge in [-0.1, -0.05) is 36.4 Å². The number of ketones is 1. The van der Waals surface area contributed by atoms with Crippen molar-refractivity contribution in [2.45, 2.75) is 6.92 Å². The Bertz CT molecular complexity index is 1370. The predicted octanol–water partition coefficient (Wildman–Crippen LogP) is 4.35. The van der Waals surface area contributed by atoms with Crippen LogP contribution in [0.4, 0.5) is 5.88 Å². The molecular weight excluding hydrogens is 406 g/mol. The van der Waals surface area contributed by atoms with Gasteiger partial charge in [0.2, 0.25) is 0 Å². The summed E-state index contributed by atoms with van der Waals surface area (Å²) in [4.78, 5) is 27.4. The highest BCUT2D eigenvalue weighted by molar-refractivity contribution is 6.00. The van der Waals surface area contributed by atoms with Gasteiger partial charge in [-0.05, 0) is 35.9 Å². The van der Waals surface area contributed by atoms with Crippen molar-refractivity contribution in [3.8, 4) is 5.75 Å². The van der Waals surface area contributed by atoms with E-state index in [1.165, 1.54) is 6.07 Å². The number of morpholine rings is 1. The molecule has 0 aliphatic carbocycles. The predicted molar refractivity (Wildman–Crippen MR) is 124 cm³/mol. The largest absolute Gasteiger partial charge is 0.485 e. The Hall–Kier alpha value is -3.64. The standard InChI is InChI=1S/C26H23NO5/c1-17-24(31-16-23(29)20-7-6-18-4-2-3-5-19(18)14-20)9-8-21-22(28)15-25(32-26(17)21)27-10-12-30-13-11-27/h2-9,14-15H,10-13,16H2,1H3. The minimum absolute atomic E-state index is 0.0991. The van der Waals surface area contributed by atoms with Gasteiger partial charge in [-0.2, -0.15) is 0 Å². The Kier molecular flexibility index (Phi) is 5.37. The number of fused-ring (bicyclic) bond motifs is 2. The van der Waals surface area contributed by atoms with Crippen molar-refractivity contribution >= 4 is 33.4 Å². The molecule has 5 rings (SSSR count). The molecule has 6 heteroatoms. The molecule has 2 heterocycles. The van der Waals surface area contributed by atoms with E-state index in [1.54, 1.807) is 12.1 Å². The van der Waals surface area contributed by atoms with Crippen molar-refractivity contribution in [2.75, 3.05) is 37.8 Å². The van der Waals surface area contributed by atoms with Gasteiger partial charge in [0.25, 0.3) is 0 Å². The molecule has 0 N–H and O–H groups in total. The average Bonchev–Trinajstić information content (AvgIpc) is 2.84. The molecule has 162 valence electrons. The number of Topliss-reactive ketones (excluding diaryl/α,β-unsaturated/α-hetero) is 1. The zero-order chi connectivity index (χ0) is 22.1. The number of benzene rings is 3. The number of hydrogen-bond donors (Lipinski definition) is 0. The van der Waals surface area contributed by atoms with Crippen molar-refractivity contribution in [2.24, 2.45) is 0 Å². The van der Waals surface area contributed by atoms with Gasteiger partial charge in [0.1, 0.15) is 11.3 Å². The highest BCUT2D eigenvalue weighted by Gasteiger charge is 2.18. The lowest BCUT2D eigenvalue weighted by atomic mass is 10.0. The third kappa shape index (κ3) is 3.85. The van der Waals surface area contributed by atoms with Crippen LogP contribution in [0.3, 0.4) is 0 Å². The molecule has 6 nitrogen and oxygen atoms in total. The number of ether oxygens (including phenoxy) is 2. The lowest BCUT2D eigenvalue weighted by Crippen LogP contribution is -2.36. The van der Waals surface area contributed by atoms with Gasteiger partial charge in [0, 0.05) is 30.3 Å². The molecule has 0 spiro atoms. The maximum absolute atomic E-state index is 12.7. The van der Waals surface area contributed by atoms with E-state index >= 15 is 0 Å². The normalized spacial score (nSPS) is 14.1. The molecule has 0 atom stereocenters. The van der Waals surface area contributed by atoms with Gasteiger partial charge in [-0.25, -0.2) is 0 Å². The first kappa shape index (κ1) is 20.3. The van der Waals surface area contributed by atoms with E-state index in [0.29, 0.717) is 60.0 Å². The fourth-order valence-corrected chi connectivity index (χ4v) is 4.01. The highest BCUT2D eigenvalue weighted by Crippen LogP contribution is 2.29. The van der Waals surface area contributed by atoms with Gasteiger partial charge >= 0.3 is 0 Å². The molecule has 3 aromatic carbocycles. The minimum atomic E-state index is -0.112. The zero-order valence-corrected chi connectivity index (χ0v) is 17.8. The third-order valence-corrected chi connectivity index (χ3v) is 5.84. The number of hydrogen-bond acceptors (Lipinski definition) is 6. The van der Waals surface area contributed by atoms with Gasteiger partial charge < -0.3 is 18.8 Å². The molecule has 0 amide bonds. The van der Waals surface area contributed by atoms with Crippen molar-refractivity contribution < 1.29 is 18.7 Å². The number of carbonyl (C=O) groups excluding carboxylic acids is 1. The van der Waals surface area contributed by atoms with Crippen LogP contribution in [0.25, 0.3) is 21.7 Å². The second-order valence-electron chi connectivity index (χ2n) is 7.89. The van der Waals surface area contributed by atoms with Gasteiger partial charge in [0.05, 0.1) is 18.6 Å². The zero-order valence-electron chi connectivity index (χ0n) is 17.8. The fraction of sp³-hybridized carbons (Fsp3) is 0.231. The molecular formula is C26H23NO5. The lowest BCUT2D eigenvalue weighted by molar-refractivity contribution is 0.0921. The lowest BCUT2D eigenvalue weighted by Gasteiger charge is -2.27. The van der Waals surface area contributed by atoms with Crippen molar-refractivity contribution in [1.82, 2.24) is 0 Å². The summed E-state index contributed by atoms with van der Waals surface area (Å²) >= 11 is 0. The van der Waals surface area contributed by atoms with Gasteiger partial charge in [0.15, 0.2) is 23.7 Å². The molecule has 1 aromatic heterocycles. The maximum atomic E-state index is 12.7. The number of anilines is 1. The van der Waals surface area contributed by atoms with E-state index in [-0.39, 0.29) is 17.8 Å². The van der Waals surface area contributed by atoms with Crippen LogP contribution >= 0.6 is 0 Å². The number of nitrogens with zero attached hydrogens (tertiary/aromatic N) is 1. The number of aryl methyl sites for hydroxylation is 1. The van der Waals surface area contributed by atoms with E-state index in [4.69, 9.17) is 13.9 Å². The van der Waals surface area contributed by atoms with Crippen LogP contribution in [0, 0.1) is 6.92 Å².